The number of hydrogen-bond donors (Lipinski definition) is 2. The first kappa shape index (κ1) is 16.5. The van der Waals surface area contributed by atoms with E-state index in [0.717, 1.165) is 27.8 Å². The Morgan fingerprint density at radius 1 is 1.32 bits per heavy atom. The molecule has 0 saturated carbocycles. The number of nitrogens with zero attached hydrogens (tertiary/aromatic N) is 1. The Morgan fingerprint density at radius 3 is 2.68 bits per heavy atom. The van der Waals surface area contributed by atoms with Crippen LogP contribution in [0.4, 0.5) is 11.4 Å². The Hall–Kier alpha value is -1.88. The highest BCUT2D eigenvalue weighted by Gasteiger charge is 2.09. The third-order valence-electron chi connectivity index (χ3n) is 3.46. The number of pyridine rings is 1. The molecule has 0 spiro atoms. The Labute approximate surface area is 139 Å². The summed E-state index contributed by atoms with van der Waals surface area (Å²) in [7, 11) is 0. The van der Waals surface area contributed by atoms with Crippen LogP contribution in [0.15, 0.2) is 41.0 Å². The number of aryl methyl sites for hydroxylation is 1. The number of hydrogen-bond acceptors (Lipinski definition) is 3. The molecule has 5 heteroatoms. The zero-order chi connectivity index (χ0) is 16.1. The van der Waals surface area contributed by atoms with Crippen LogP contribution in [0.5, 0.6) is 0 Å². The molecule has 2 aromatic rings. The fourth-order valence-electron chi connectivity index (χ4n) is 1.95. The summed E-state index contributed by atoms with van der Waals surface area (Å²) in [6.45, 7) is 6.18. The van der Waals surface area contributed by atoms with Crippen molar-refractivity contribution in [1.29, 1.82) is 0 Å². The smallest absolute Gasteiger partial charge is 0.274 e. The van der Waals surface area contributed by atoms with Crippen LogP contribution < -0.4 is 10.6 Å². The molecule has 1 aromatic heterocycles. The molecule has 0 radical (unpaired) electrons. The fraction of sp³-hybridized carbons (Fsp3) is 0.294. The van der Waals surface area contributed by atoms with Gasteiger partial charge in [-0.3, -0.25) is 4.79 Å². The van der Waals surface area contributed by atoms with Gasteiger partial charge in [0.05, 0.1) is 11.9 Å². The average molecular weight is 362 g/mol. The molecular weight excluding hydrogens is 342 g/mol. The molecular formula is C17H20BrN3O. The predicted octanol–water partition coefficient (Wildman–Crippen LogP) is 4.62. The lowest BCUT2D eigenvalue weighted by Gasteiger charge is -2.13. The third-order valence-corrected chi connectivity index (χ3v) is 3.95. The monoisotopic (exact) mass is 361 g/mol. The maximum atomic E-state index is 12.2. The van der Waals surface area contributed by atoms with Gasteiger partial charge in [-0.25, -0.2) is 4.98 Å². The number of benzene rings is 1. The number of anilines is 2. The average Bonchev–Trinajstić information content (AvgIpc) is 2.50. The van der Waals surface area contributed by atoms with Crippen molar-refractivity contribution in [3.05, 3.63) is 52.3 Å². The molecule has 0 aliphatic carbocycles. The quantitative estimate of drug-likeness (QED) is 0.816. The van der Waals surface area contributed by atoms with Crippen molar-refractivity contribution in [2.45, 2.75) is 33.2 Å². The van der Waals surface area contributed by atoms with E-state index in [1.54, 1.807) is 12.3 Å². The maximum Gasteiger partial charge on any atom is 0.274 e. The molecule has 0 bridgehead atoms. The molecule has 2 N–H and O–H groups in total. The van der Waals surface area contributed by atoms with Crippen LogP contribution in [-0.4, -0.2) is 16.9 Å². The number of halogens is 1. The van der Waals surface area contributed by atoms with E-state index in [9.17, 15) is 4.79 Å². The predicted molar refractivity (Wildman–Crippen MR) is 94.4 cm³/mol. The molecule has 2 rings (SSSR count). The highest BCUT2D eigenvalue weighted by Crippen LogP contribution is 2.20. The largest absolute Gasteiger partial charge is 0.381 e. The Kier molecular flexibility index (Phi) is 5.55. The van der Waals surface area contributed by atoms with E-state index in [2.05, 4.69) is 45.4 Å². The summed E-state index contributed by atoms with van der Waals surface area (Å²) in [6.07, 6.45) is 2.72. The Bertz CT molecular complexity index is 655. The van der Waals surface area contributed by atoms with Gasteiger partial charge in [-0.05, 0) is 56.2 Å². The first-order chi connectivity index (χ1) is 10.5. The summed E-state index contributed by atoms with van der Waals surface area (Å²) < 4.78 is 0.988. The van der Waals surface area contributed by atoms with Crippen molar-refractivity contribution in [1.82, 2.24) is 4.98 Å². The minimum atomic E-state index is -0.208. The number of carbonyl (C=O) groups excluding carboxylic acids is 1. The van der Waals surface area contributed by atoms with Crippen LogP contribution in [-0.2, 0) is 0 Å². The molecule has 0 aliphatic rings. The summed E-state index contributed by atoms with van der Waals surface area (Å²) in [6, 6.07) is 9.72. The number of rotatable bonds is 5. The first-order valence-corrected chi connectivity index (χ1v) is 8.09. The minimum absolute atomic E-state index is 0.208. The van der Waals surface area contributed by atoms with E-state index in [-0.39, 0.29) is 5.91 Å². The van der Waals surface area contributed by atoms with Crippen molar-refractivity contribution >= 4 is 33.2 Å². The van der Waals surface area contributed by atoms with Crippen LogP contribution in [0.2, 0.25) is 0 Å². The summed E-state index contributed by atoms with van der Waals surface area (Å²) in [4.78, 5) is 16.5. The molecule has 0 fully saturated rings. The van der Waals surface area contributed by atoms with Crippen molar-refractivity contribution < 1.29 is 4.79 Å². The zero-order valence-corrected chi connectivity index (χ0v) is 14.6. The number of amides is 1. The Balaban J connectivity index is 2.06. The van der Waals surface area contributed by atoms with Gasteiger partial charge in [0.15, 0.2) is 0 Å². The molecule has 1 atom stereocenters. The van der Waals surface area contributed by atoms with Crippen molar-refractivity contribution in [3.63, 3.8) is 0 Å². The van der Waals surface area contributed by atoms with Gasteiger partial charge in [-0.15, -0.1) is 0 Å². The molecule has 4 nitrogen and oxygen atoms in total. The van der Waals surface area contributed by atoms with E-state index in [1.165, 1.54) is 0 Å². The second-order valence-electron chi connectivity index (χ2n) is 5.30. The van der Waals surface area contributed by atoms with Gasteiger partial charge in [0, 0.05) is 16.2 Å². The van der Waals surface area contributed by atoms with Gasteiger partial charge in [0.1, 0.15) is 5.69 Å². The van der Waals surface area contributed by atoms with E-state index in [4.69, 9.17) is 0 Å². The molecule has 1 amide bonds. The van der Waals surface area contributed by atoms with Crippen LogP contribution in [0.1, 0.15) is 36.3 Å². The van der Waals surface area contributed by atoms with Crippen LogP contribution in [0.25, 0.3) is 0 Å². The zero-order valence-electron chi connectivity index (χ0n) is 13.0. The van der Waals surface area contributed by atoms with Crippen molar-refractivity contribution in [2.75, 3.05) is 10.6 Å². The van der Waals surface area contributed by atoms with E-state index >= 15 is 0 Å². The minimum Gasteiger partial charge on any atom is -0.381 e. The van der Waals surface area contributed by atoms with Crippen LogP contribution in [0.3, 0.4) is 0 Å². The van der Waals surface area contributed by atoms with Gasteiger partial charge in [-0.2, -0.15) is 0 Å². The van der Waals surface area contributed by atoms with Crippen LogP contribution >= 0.6 is 15.9 Å². The number of nitrogens with one attached hydrogen (secondary N) is 2. The lowest BCUT2D eigenvalue weighted by atomic mass is 10.2. The van der Waals surface area contributed by atoms with Crippen molar-refractivity contribution in [3.8, 4) is 0 Å². The topological polar surface area (TPSA) is 54.0 Å². The van der Waals surface area contributed by atoms with E-state index in [1.807, 2.05) is 31.2 Å². The molecule has 1 heterocycles. The molecule has 1 unspecified atom stereocenters. The number of carbonyl (C=O) groups is 1. The normalized spacial score (nSPS) is 11.8. The SMILES string of the molecule is CCC(C)Nc1ccc(C(=O)Nc2ccc(Br)cc2C)nc1. The molecule has 116 valence electrons. The maximum absolute atomic E-state index is 12.2. The van der Waals surface area contributed by atoms with Gasteiger partial charge >= 0.3 is 0 Å². The van der Waals surface area contributed by atoms with Crippen molar-refractivity contribution in [2.24, 2.45) is 0 Å². The van der Waals surface area contributed by atoms with E-state index in [0.29, 0.717) is 11.7 Å². The lowest BCUT2D eigenvalue weighted by molar-refractivity contribution is 0.102. The summed E-state index contributed by atoms with van der Waals surface area (Å²) in [5.74, 6) is -0.208. The Morgan fingerprint density at radius 2 is 2.09 bits per heavy atom. The van der Waals surface area contributed by atoms with Gasteiger partial charge in [0.2, 0.25) is 0 Å². The summed E-state index contributed by atoms with van der Waals surface area (Å²) in [5, 5.41) is 6.21. The van der Waals surface area contributed by atoms with E-state index < -0.39 is 0 Å². The molecule has 0 aliphatic heterocycles. The first-order valence-electron chi connectivity index (χ1n) is 7.29. The lowest BCUT2D eigenvalue weighted by Crippen LogP contribution is -2.16. The molecule has 22 heavy (non-hydrogen) atoms. The fourth-order valence-corrected chi connectivity index (χ4v) is 2.43. The summed E-state index contributed by atoms with van der Waals surface area (Å²) >= 11 is 3.41. The van der Waals surface area contributed by atoms with Gasteiger partial charge in [0.25, 0.3) is 5.91 Å². The standard InChI is InChI=1S/C17H20BrN3O/c1-4-12(3)20-14-6-8-16(19-10-14)17(22)21-15-7-5-13(18)9-11(15)2/h5-10,12,20H,4H2,1-3H3,(H,21,22). The third kappa shape index (κ3) is 4.31. The second-order valence-corrected chi connectivity index (χ2v) is 6.21. The molecule has 1 aromatic carbocycles. The summed E-state index contributed by atoms with van der Waals surface area (Å²) in [5.41, 5.74) is 3.11. The molecule has 0 saturated heterocycles. The highest BCUT2D eigenvalue weighted by molar-refractivity contribution is 9.10. The van der Waals surface area contributed by atoms with Gasteiger partial charge in [-0.1, -0.05) is 22.9 Å². The van der Waals surface area contributed by atoms with Crippen LogP contribution in [0, 0.1) is 6.92 Å². The highest BCUT2D eigenvalue weighted by atomic mass is 79.9. The van der Waals surface area contributed by atoms with Gasteiger partial charge < -0.3 is 10.6 Å². The number of aromatic nitrogens is 1. The second kappa shape index (κ2) is 7.40.